The number of nitrogens with zero attached hydrogens (tertiary/aromatic N) is 3. The molecule has 0 atom stereocenters. The molecule has 0 saturated heterocycles. The van der Waals surface area contributed by atoms with Crippen LogP contribution < -0.4 is 5.73 Å². The number of primary amides is 1. The zero-order valence-corrected chi connectivity index (χ0v) is 16.5. The van der Waals surface area contributed by atoms with Gasteiger partial charge in [0, 0.05) is 17.3 Å². The second kappa shape index (κ2) is 6.99. The van der Waals surface area contributed by atoms with E-state index in [9.17, 15) is 4.79 Å². The van der Waals surface area contributed by atoms with Crippen molar-refractivity contribution >= 4 is 5.91 Å². The first-order valence-electron chi connectivity index (χ1n) is 9.14. The van der Waals surface area contributed by atoms with Crippen molar-refractivity contribution in [1.29, 1.82) is 0 Å². The van der Waals surface area contributed by atoms with E-state index < -0.39 is 5.91 Å². The molecule has 2 heterocycles. The fraction of sp³-hybridized carbons (Fsp3) is 0.318. The standard InChI is InChI=1S/C22H26N4O/c1-14(2)15-6-8-16(9-7-15)18-12-17(21(23)27)13-19(25-18)20-10-11-24-26(20)22(3,4)5/h6-14H,1-5H3,(H2,23,27). The van der Waals surface area contributed by atoms with Crippen LogP contribution in [0.25, 0.3) is 22.6 Å². The predicted octanol–water partition coefficient (Wildman–Crippen LogP) is 4.59. The summed E-state index contributed by atoms with van der Waals surface area (Å²) < 4.78 is 1.91. The van der Waals surface area contributed by atoms with Crippen LogP contribution in [0, 0.1) is 0 Å². The second-order valence-corrected chi connectivity index (χ2v) is 8.07. The molecular weight excluding hydrogens is 336 g/mol. The molecule has 0 unspecified atom stereocenters. The summed E-state index contributed by atoms with van der Waals surface area (Å²) in [5.41, 5.74) is 10.3. The fourth-order valence-corrected chi connectivity index (χ4v) is 3.02. The van der Waals surface area contributed by atoms with Gasteiger partial charge in [-0.2, -0.15) is 5.10 Å². The summed E-state index contributed by atoms with van der Waals surface area (Å²) in [6, 6.07) is 13.6. The molecule has 0 aliphatic rings. The van der Waals surface area contributed by atoms with Gasteiger partial charge in [-0.25, -0.2) is 4.98 Å². The lowest BCUT2D eigenvalue weighted by atomic mass is 10.00. The van der Waals surface area contributed by atoms with Gasteiger partial charge >= 0.3 is 0 Å². The summed E-state index contributed by atoms with van der Waals surface area (Å²) in [7, 11) is 0. The molecule has 27 heavy (non-hydrogen) atoms. The lowest BCUT2D eigenvalue weighted by Gasteiger charge is -2.22. The monoisotopic (exact) mass is 362 g/mol. The maximum absolute atomic E-state index is 11.9. The molecule has 1 aromatic carbocycles. The number of carbonyl (C=O) groups excluding carboxylic acids is 1. The summed E-state index contributed by atoms with van der Waals surface area (Å²) in [6.07, 6.45) is 1.75. The van der Waals surface area contributed by atoms with Crippen LogP contribution in [0.1, 0.15) is 56.5 Å². The first kappa shape index (κ1) is 18.8. The fourth-order valence-electron chi connectivity index (χ4n) is 3.02. The highest BCUT2D eigenvalue weighted by molar-refractivity contribution is 5.95. The molecule has 140 valence electrons. The van der Waals surface area contributed by atoms with Gasteiger partial charge in [0.2, 0.25) is 5.91 Å². The molecule has 0 aliphatic carbocycles. The van der Waals surface area contributed by atoms with Crippen LogP contribution >= 0.6 is 0 Å². The van der Waals surface area contributed by atoms with Crippen molar-refractivity contribution in [3.8, 4) is 22.6 Å². The summed E-state index contributed by atoms with van der Waals surface area (Å²) in [6.45, 7) is 10.5. The molecule has 5 heteroatoms. The van der Waals surface area contributed by atoms with Crippen molar-refractivity contribution in [2.75, 3.05) is 0 Å². The minimum absolute atomic E-state index is 0.206. The number of hydrogen-bond donors (Lipinski definition) is 1. The van der Waals surface area contributed by atoms with E-state index in [1.165, 1.54) is 5.56 Å². The third kappa shape index (κ3) is 3.92. The number of carbonyl (C=O) groups is 1. The van der Waals surface area contributed by atoms with Gasteiger partial charge in [-0.05, 0) is 50.5 Å². The average molecular weight is 362 g/mol. The first-order chi connectivity index (χ1) is 12.7. The normalized spacial score (nSPS) is 11.8. The van der Waals surface area contributed by atoms with E-state index in [2.05, 4.69) is 51.9 Å². The van der Waals surface area contributed by atoms with Gasteiger partial charge in [-0.1, -0.05) is 38.1 Å². The van der Waals surface area contributed by atoms with Crippen LogP contribution in [0.2, 0.25) is 0 Å². The number of benzene rings is 1. The summed E-state index contributed by atoms with van der Waals surface area (Å²) in [5.74, 6) is -0.0128. The zero-order valence-electron chi connectivity index (χ0n) is 16.5. The van der Waals surface area contributed by atoms with Gasteiger partial charge in [0.15, 0.2) is 0 Å². The number of nitrogens with two attached hydrogens (primary N) is 1. The maximum atomic E-state index is 11.9. The van der Waals surface area contributed by atoms with Crippen molar-refractivity contribution in [2.45, 2.75) is 46.1 Å². The summed E-state index contributed by atoms with van der Waals surface area (Å²) >= 11 is 0. The minimum Gasteiger partial charge on any atom is -0.366 e. The highest BCUT2D eigenvalue weighted by atomic mass is 16.1. The number of amides is 1. The topological polar surface area (TPSA) is 73.8 Å². The van der Waals surface area contributed by atoms with E-state index in [-0.39, 0.29) is 5.54 Å². The Morgan fingerprint density at radius 2 is 1.67 bits per heavy atom. The molecule has 5 nitrogen and oxygen atoms in total. The van der Waals surface area contributed by atoms with Gasteiger partial charge in [-0.15, -0.1) is 0 Å². The van der Waals surface area contributed by atoms with Gasteiger partial charge in [-0.3, -0.25) is 9.48 Å². The largest absolute Gasteiger partial charge is 0.366 e. The number of hydrogen-bond acceptors (Lipinski definition) is 3. The van der Waals surface area contributed by atoms with Gasteiger partial charge in [0.1, 0.15) is 0 Å². The Morgan fingerprint density at radius 3 is 2.22 bits per heavy atom. The van der Waals surface area contributed by atoms with Gasteiger partial charge in [0.25, 0.3) is 0 Å². The third-order valence-electron chi connectivity index (χ3n) is 4.52. The Labute approximate surface area is 160 Å². The predicted molar refractivity (Wildman–Crippen MR) is 108 cm³/mol. The molecule has 0 fully saturated rings. The summed E-state index contributed by atoms with van der Waals surface area (Å²) in [5, 5.41) is 4.43. The Morgan fingerprint density at radius 1 is 1.04 bits per heavy atom. The molecule has 3 aromatic rings. The van der Waals surface area contributed by atoms with E-state index in [0.717, 1.165) is 17.0 Å². The van der Waals surface area contributed by atoms with E-state index in [1.54, 1.807) is 18.3 Å². The molecule has 0 radical (unpaired) electrons. The Hall–Kier alpha value is -2.95. The Bertz CT molecular complexity index is 963. The first-order valence-corrected chi connectivity index (χ1v) is 9.14. The molecule has 0 saturated carbocycles. The van der Waals surface area contributed by atoms with Crippen molar-refractivity contribution in [3.63, 3.8) is 0 Å². The number of rotatable bonds is 4. The molecule has 0 spiro atoms. The van der Waals surface area contributed by atoms with Crippen molar-refractivity contribution in [2.24, 2.45) is 5.73 Å². The van der Waals surface area contributed by atoms with Crippen molar-refractivity contribution < 1.29 is 4.79 Å². The van der Waals surface area contributed by atoms with E-state index in [0.29, 0.717) is 17.2 Å². The minimum atomic E-state index is -0.472. The Kier molecular flexibility index (Phi) is 4.87. The van der Waals surface area contributed by atoms with Crippen molar-refractivity contribution in [3.05, 3.63) is 59.8 Å². The van der Waals surface area contributed by atoms with Gasteiger partial charge in [0.05, 0.1) is 22.6 Å². The van der Waals surface area contributed by atoms with E-state index >= 15 is 0 Å². The zero-order chi connectivity index (χ0) is 19.8. The highest BCUT2D eigenvalue weighted by Crippen LogP contribution is 2.28. The van der Waals surface area contributed by atoms with Crippen LogP contribution in [0.5, 0.6) is 0 Å². The number of pyridine rings is 1. The highest BCUT2D eigenvalue weighted by Gasteiger charge is 2.20. The molecule has 0 bridgehead atoms. The van der Waals surface area contributed by atoms with Crippen LogP contribution in [0.4, 0.5) is 0 Å². The maximum Gasteiger partial charge on any atom is 0.248 e. The SMILES string of the molecule is CC(C)c1ccc(-c2cc(C(N)=O)cc(-c3ccnn3C(C)(C)C)n2)cc1. The lowest BCUT2D eigenvalue weighted by molar-refractivity contribution is 0.1000. The average Bonchev–Trinajstić information content (AvgIpc) is 3.11. The molecule has 2 aromatic heterocycles. The molecule has 1 amide bonds. The van der Waals surface area contributed by atoms with Crippen LogP contribution in [0.3, 0.4) is 0 Å². The quantitative estimate of drug-likeness (QED) is 0.738. The second-order valence-electron chi connectivity index (χ2n) is 8.07. The number of aromatic nitrogens is 3. The molecule has 3 rings (SSSR count). The van der Waals surface area contributed by atoms with Crippen LogP contribution in [-0.2, 0) is 5.54 Å². The smallest absolute Gasteiger partial charge is 0.248 e. The van der Waals surface area contributed by atoms with Crippen molar-refractivity contribution in [1.82, 2.24) is 14.8 Å². The van der Waals surface area contributed by atoms with Gasteiger partial charge < -0.3 is 5.73 Å². The third-order valence-corrected chi connectivity index (χ3v) is 4.52. The molecule has 2 N–H and O–H groups in total. The molecular formula is C22H26N4O. The van der Waals surface area contributed by atoms with E-state index in [1.807, 2.05) is 22.9 Å². The summed E-state index contributed by atoms with van der Waals surface area (Å²) in [4.78, 5) is 16.7. The molecule has 0 aliphatic heterocycles. The van der Waals surface area contributed by atoms with Crippen LogP contribution in [0.15, 0.2) is 48.7 Å². The van der Waals surface area contributed by atoms with E-state index in [4.69, 9.17) is 10.7 Å². The lowest BCUT2D eigenvalue weighted by Crippen LogP contribution is -2.24. The van der Waals surface area contributed by atoms with Crippen LogP contribution in [-0.4, -0.2) is 20.7 Å². The Balaban J connectivity index is 2.15.